The van der Waals surface area contributed by atoms with Crippen molar-refractivity contribution < 1.29 is 19.8 Å². The molecule has 0 saturated carbocycles. The zero-order valence-electron chi connectivity index (χ0n) is 7.56. The third-order valence-electron chi connectivity index (χ3n) is 1.94. The molecule has 0 spiro atoms. The molecule has 0 atom stereocenters. The van der Waals surface area contributed by atoms with Crippen LogP contribution in [0.1, 0.15) is 0 Å². The zero-order chi connectivity index (χ0) is 10.6. The predicted molar refractivity (Wildman–Crippen MR) is 47.8 cm³/mol. The van der Waals surface area contributed by atoms with Gasteiger partial charge in [-0.05, 0) is 0 Å². The average Bonchev–Trinajstić information content (AvgIpc) is 2.15. The van der Waals surface area contributed by atoms with E-state index in [1.165, 1.54) is 0 Å². The van der Waals surface area contributed by atoms with E-state index in [2.05, 4.69) is 5.32 Å². The number of carboxylic acid groups (broad SMARTS) is 2. The van der Waals surface area contributed by atoms with Gasteiger partial charge in [0.05, 0.1) is 6.08 Å². The highest BCUT2D eigenvalue weighted by molar-refractivity contribution is 5.94. The molecule has 0 aromatic carbocycles. The molecule has 1 fully saturated rings. The van der Waals surface area contributed by atoms with Gasteiger partial charge in [-0.3, -0.25) is 0 Å². The summed E-state index contributed by atoms with van der Waals surface area (Å²) in [6.07, 6.45) is 0.730. The fourth-order valence-corrected chi connectivity index (χ4v) is 1.31. The second kappa shape index (κ2) is 4.61. The van der Waals surface area contributed by atoms with Crippen molar-refractivity contribution in [2.75, 3.05) is 26.2 Å². The van der Waals surface area contributed by atoms with Crippen molar-refractivity contribution in [1.29, 1.82) is 0 Å². The summed E-state index contributed by atoms with van der Waals surface area (Å²) < 4.78 is 0. The van der Waals surface area contributed by atoms with Crippen LogP contribution in [0.4, 0.5) is 0 Å². The Bertz CT molecular complexity index is 269. The van der Waals surface area contributed by atoms with Gasteiger partial charge < -0.3 is 20.4 Å². The van der Waals surface area contributed by atoms with Gasteiger partial charge in [-0.25, -0.2) is 9.59 Å². The summed E-state index contributed by atoms with van der Waals surface area (Å²) in [7, 11) is 0. The first kappa shape index (κ1) is 10.5. The lowest BCUT2D eigenvalue weighted by molar-refractivity contribution is -0.136. The fourth-order valence-electron chi connectivity index (χ4n) is 1.31. The number of rotatable bonds is 3. The summed E-state index contributed by atoms with van der Waals surface area (Å²) >= 11 is 0. The van der Waals surface area contributed by atoms with E-state index < -0.39 is 11.9 Å². The van der Waals surface area contributed by atoms with Crippen LogP contribution in [0.25, 0.3) is 0 Å². The smallest absolute Gasteiger partial charge is 0.352 e. The maximum absolute atomic E-state index is 10.7. The minimum Gasteiger partial charge on any atom is -0.478 e. The Hall–Kier alpha value is -1.56. The van der Waals surface area contributed by atoms with Crippen LogP contribution in [0, 0.1) is 0 Å². The van der Waals surface area contributed by atoms with Gasteiger partial charge in [0, 0.05) is 26.2 Å². The van der Waals surface area contributed by atoms with Gasteiger partial charge in [-0.1, -0.05) is 0 Å². The summed E-state index contributed by atoms with van der Waals surface area (Å²) in [6.45, 7) is 2.38. The standard InChI is InChI=1S/C8H12N2O4/c11-7(12)5-6(8(13)14)10-3-1-9-2-4-10/h5,9H,1-4H2,(H,11,12)(H,13,14)/b6-5+. The molecule has 0 aromatic rings. The summed E-state index contributed by atoms with van der Waals surface area (Å²) in [5, 5.41) is 20.3. The number of aliphatic carboxylic acids is 2. The lowest BCUT2D eigenvalue weighted by Crippen LogP contribution is -2.44. The van der Waals surface area contributed by atoms with Crippen molar-refractivity contribution in [3.8, 4) is 0 Å². The van der Waals surface area contributed by atoms with E-state index in [-0.39, 0.29) is 5.70 Å². The molecule has 0 aromatic heterocycles. The minimum atomic E-state index is -1.24. The quantitative estimate of drug-likeness (QED) is 0.503. The van der Waals surface area contributed by atoms with Crippen LogP contribution < -0.4 is 5.32 Å². The van der Waals surface area contributed by atoms with Gasteiger partial charge in [-0.15, -0.1) is 0 Å². The van der Waals surface area contributed by atoms with Gasteiger partial charge in [-0.2, -0.15) is 0 Å². The van der Waals surface area contributed by atoms with E-state index in [4.69, 9.17) is 10.2 Å². The molecule has 1 rings (SSSR count). The Balaban J connectivity index is 2.76. The SMILES string of the molecule is O=C(O)/C=C(\C(=O)O)N1CCNCC1. The summed E-state index contributed by atoms with van der Waals surface area (Å²) in [4.78, 5) is 22.7. The highest BCUT2D eigenvalue weighted by Gasteiger charge is 2.19. The van der Waals surface area contributed by atoms with Crippen LogP contribution in [0.2, 0.25) is 0 Å². The molecule has 78 valence electrons. The van der Waals surface area contributed by atoms with Crippen LogP contribution >= 0.6 is 0 Å². The topological polar surface area (TPSA) is 89.9 Å². The largest absolute Gasteiger partial charge is 0.478 e. The molecule has 6 heteroatoms. The molecule has 0 aliphatic carbocycles. The van der Waals surface area contributed by atoms with Gasteiger partial charge in [0.25, 0.3) is 0 Å². The summed E-state index contributed by atoms with van der Waals surface area (Å²) in [6, 6.07) is 0. The van der Waals surface area contributed by atoms with E-state index in [9.17, 15) is 9.59 Å². The molecule has 1 aliphatic rings. The van der Waals surface area contributed by atoms with Crippen molar-refractivity contribution in [3.05, 3.63) is 11.8 Å². The summed E-state index contributed by atoms with van der Waals surface area (Å²) in [5.74, 6) is -2.43. The van der Waals surface area contributed by atoms with Crippen molar-refractivity contribution in [3.63, 3.8) is 0 Å². The van der Waals surface area contributed by atoms with E-state index in [1.54, 1.807) is 4.90 Å². The number of nitrogens with one attached hydrogen (secondary N) is 1. The number of carboxylic acids is 2. The molecule has 0 bridgehead atoms. The predicted octanol–water partition coefficient (Wildman–Crippen LogP) is -1.06. The molecule has 1 aliphatic heterocycles. The monoisotopic (exact) mass is 200 g/mol. The normalized spacial score (nSPS) is 18.0. The number of piperazine rings is 1. The third kappa shape index (κ3) is 2.74. The van der Waals surface area contributed by atoms with Crippen LogP contribution in [0.5, 0.6) is 0 Å². The van der Waals surface area contributed by atoms with Gasteiger partial charge >= 0.3 is 11.9 Å². The lowest BCUT2D eigenvalue weighted by atomic mass is 10.3. The molecule has 0 radical (unpaired) electrons. The average molecular weight is 200 g/mol. The number of hydrogen-bond acceptors (Lipinski definition) is 4. The highest BCUT2D eigenvalue weighted by atomic mass is 16.4. The van der Waals surface area contributed by atoms with Crippen molar-refractivity contribution >= 4 is 11.9 Å². The molecular weight excluding hydrogens is 188 g/mol. The Kier molecular flexibility index (Phi) is 3.47. The first-order chi connectivity index (χ1) is 6.61. The third-order valence-corrected chi connectivity index (χ3v) is 1.94. The Morgan fingerprint density at radius 2 is 1.79 bits per heavy atom. The van der Waals surface area contributed by atoms with Crippen molar-refractivity contribution in [2.24, 2.45) is 0 Å². The van der Waals surface area contributed by atoms with Crippen LogP contribution in [-0.4, -0.2) is 53.2 Å². The Morgan fingerprint density at radius 3 is 2.21 bits per heavy atom. The van der Waals surface area contributed by atoms with Gasteiger partial charge in [0.15, 0.2) is 0 Å². The van der Waals surface area contributed by atoms with E-state index in [1.807, 2.05) is 0 Å². The van der Waals surface area contributed by atoms with E-state index in [0.29, 0.717) is 26.2 Å². The fraction of sp³-hybridized carbons (Fsp3) is 0.500. The van der Waals surface area contributed by atoms with Crippen LogP contribution in [0.15, 0.2) is 11.8 Å². The van der Waals surface area contributed by atoms with Crippen molar-refractivity contribution in [1.82, 2.24) is 10.2 Å². The molecule has 1 heterocycles. The molecular formula is C8H12N2O4. The molecule has 14 heavy (non-hydrogen) atoms. The maximum atomic E-state index is 10.7. The highest BCUT2D eigenvalue weighted by Crippen LogP contribution is 2.05. The van der Waals surface area contributed by atoms with Crippen molar-refractivity contribution in [2.45, 2.75) is 0 Å². The van der Waals surface area contributed by atoms with Gasteiger partial charge in [0.1, 0.15) is 5.70 Å². The van der Waals surface area contributed by atoms with E-state index in [0.717, 1.165) is 6.08 Å². The number of hydrogen-bond donors (Lipinski definition) is 3. The minimum absolute atomic E-state index is 0.154. The molecule has 6 nitrogen and oxygen atoms in total. The Labute approximate surface area is 80.8 Å². The van der Waals surface area contributed by atoms with Crippen LogP contribution in [-0.2, 0) is 9.59 Å². The van der Waals surface area contributed by atoms with Crippen LogP contribution in [0.3, 0.4) is 0 Å². The molecule has 0 amide bonds. The first-order valence-corrected chi connectivity index (χ1v) is 4.25. The molecule has 3 N–H and O–H groups in total. The van der Waals surface area contributed by atoms with E-state index >= 15 is 0 Å². The summed E-state index contributed by atoms with van der Waals surface area (Å²) in [5.41, 5.74) is -0.154. The molecule has 1 saturated heterocycles. The Morgan fingerprint density at radius 1 is 1.21 bits per heavy atom. The van der Waals surface area contributed by atoms with Gasteiger partial charge in [0.2, 0.25) is 0 Å². The zero-order valence-corrected chi connectivity index (χ0v) is 7.56. The lowest BCUT2D eigenvalue weighted by Gasteiger charge is -2.29. The second-order valence-electron chi connectivity index (χ2n) is 2.91. The molecule has 0 unspecified atom stereocenters. The first-order valence-electron chi connectivity index (χ1n) is 4.25. The maximum Gasteiger partial charge on any atom is 0.352 e. The number of carbonyl (C=O) groups is 2. The number of nitrogens with zero attached hydrogens (tertiary/aromatic N) is 1. The second-order valence-corrected chi connectivity index (χ2v) is 2.91.